The van der Waals surface area contributed by atoms with Crippen LogP contribution in [0.4, 0.5) is 23.1 Å². The summed E-state index contributed by atoms with van der Waals surface area (Å²) in [5.74, 6) is -0.306. The summed E-state index contributed by atoms with van der Waals surface area (Å²) >= 11 is 0. The number of carbonyl (C=O) groups excluding carboxylic acids is 2. The summed E-state index contributed by atoms with van der Waals surface area (Å²) in [6.07, 6.45) is 3.90. The van der Waals surface area contributed by atoms with Gasteiger partial charge in [0.2, 0.25) is 11.9 Å². The molecule has 3 aromatic rings. The average Bonchev–Trinajstić information content (AvgIpc) is 2.74. The molecule has 3 rings (SSSR count). The zero-order valence-corrected chi connectivity index (χ0v) is 16.1. The van der Waals surface area contributed by atoms with E-state index in [2.05, 4.69) is 15.3 Å². The Kier molecular flexibility index (Phi) is 6.23. The number of primary amides is 2. The Labute approximate surface area is 173 Å². The van der Waals surface area contributed by atoms with Gasteiger partial charge in [0.05, 0.1) is 7.11 Å². The van der Waals surface area contributed by atoms with Crippen molar-refractivity contribution in [1.29, 1.82) is 0 Å². The van der Waals surface area contributed by atoms with E-state index in [4.69, 9.17) is 16.2 Å². The first-order valence-corrected chi connectivity index (χ1v) is 8.88. The summed E-state index contributed by atoms with van der Waals surface area (Å²) in [7, 11) is 1.57. The molecule has 2 aromatic carbocycles. The first-order chi connectivity index (χ1) is 14.5. The molecule has 9 nitrogen and oxygen atoms in total. The van der Waals surface area contributed by atoms with Crippen LogP contribution < -0.4 is 26.4 Å². The smallest absolute Gasteiger partial charge is 0.254 e. The van der Waals surface area contributed by atoms with E-state index in [1.165, 1.54) is 17.3 Å². The third kappa shape index (κ3) is 4.90. The maximum Gasteiger partial charge on any atom is 0.254 e. The van der Waals surface area contributed by atoms with Crippen molar-refractivity contribution < 1.29 is 14.3 Å². The highest BCUT2D eigenvalue weighted by Gasteiger charge is 2.19. The van der Waals surface area contributed by atoms with Crippen LogP contribution in [0.25, 0.3) is 0 Å². The van der Waals surface area contributed by atoms with Gasteiger partial charge in [0, 0.05) is 35.9 Å². The number of anilines is 4. The molecule has 0 aliphatic carbocycles. The Bertz CT molecular complexity index is 1090. The lowest BCUT2D eigenvalue weighted by molar-refractivity contribution is -0.113. The molecule has 0 saturated heterocycles. The van der Waals surface area contributed by atoms with Crippen LogP contribution >= 0.6 is 0 Å². The standard InChI is InChI=1S/C21H20N6O3/c1-30-16-9-5-6-14(12-16)25-21-24-13-17(19(23)29)20(26-21)27(11-10-18(22)28)15-7-3-2-4-8-15/h2-13H,1H3,(H2,22,28)(H2,23,29)(H,24,25,26). The SMILES string of the molecule is COc1cccc(Nc2ncc(C(N)=O)c(N(C=CC(N)=O)c3ccccc3)n2)c1. The fraction of sp³-hybridized carbons (Fsp3) is 0.0476. The van der Waals surface area contributed by atoms with Gasteiger partial charge >= 0.3 is 0 Å². The lowest BCUT2D eigenvalue weighted by Gasteiger charge is -2.22. The van der Waals surface area contributed by atoms with Gasteiger partial charge in [-0.2, -0.15) is 4.98 Å². The van der Waals surface area contributed by atoms with Crippen LogP contribution in [-0.2, 0) is 4.79 Å². The van der Waals surface area contributed by atoms with Gasteiger partial charge in [-0.15, -0.1) is 0 Å². The number of aromatic nitrogens is 2. The third-order valence-corrected chi connectivity index (χ3v) is 4.01. The van der Waals surface area contributed by atoms with E-state index in [0.29, 0.717) is 17.1 Å². The minimum Gasteiger partial charge on any atom is -0.497 e. The van der Waals surface area contributed by atoms with Crippen LogP contribution in [0.15, 0.2) is 73.1 Å². The second-order valence-corrected chi connectivity index (χ2v) is 6.08. The second-order valence-electron chi connectivity index (χ2n) is 6.08. The van der Waals surface area contributed by atoms with E-state index < -0.39 is 11.8 Å². The zero-order chi connectivity index (χ0) is 21.5. The van der Waals surface area contributed by atoms with Crippen molar-refractivity contribution in [2.24, 2.45) is 11.5 Å². The molecule has 5 N–H and O–H groups in total. The molecule has 2 amide bonds. The molecule has 1 aromatic heterocycles. The quantitative estimate of drug-likeness (QED) is 0.491. The van der Waals surface area contributed by atoms with Gasteiger partial charge in [0.15, 0.2) is 5.82 Å². The number of nitrogens with two attached hydrogens (primary N) is 2. The molecule has 0 atom stereocenters. The molecule has 0 unspecified atom stereocenters. The average molecular weight is 404 g/mol. The molecule has 0 aliphatic heterocycles. The number of para-hydroxylation sites is 1. The molecular weight excluding hydrogens is 384 g/mol. The van der Waals surface area contributed by atoms with Crippen molar-refractivity contribution in [3.63, 3.8) is 0 Å². The van der Waals surface area contributed by atoms with Crippen molar-refractivity contribution in [3.8, 4) is 5.75 Å². The van der Waals surface area contributed by atoms with Gasteiger partial charge in [-0.1, -0.05) is 24.3 Å². The zero-order valence-electron chi connectivity index (χ0n) is 16.1. The van der Waals surface area contributed by atoms with Crippen molar-refractivity contribution >= 4 is 35.0 Å². The first-order valence-electron chi connectivity index (χ1n) is 8.88. The van der Waals surface area contributed by atoms with E-state index in [-0.39, 0.29) is 17.3 Å². The van der Waals surface area contributed by atoms with E-state index in [1.807, 2.05) is 18.2 Å². The number of nitrogens with one attached hydrogen (secondary N) is 1. The van der Waals surface area contributed by atoms with Gasteiger partial charge in [-0.3, -0.25) is 9.59 Å². The predicted molar refractivity (Wildman–Crippen MR) is 114 cm³/mol. The summed E-state index contributed by atoms with van der Waals surface area (Å²) in [4.78, 5) is 33.5. The van der Waals surface area contributed by atoms with Gasteiger partial charge in [-0.05, 0) is 24.3 Å². The molecular formula is C21H20N6O3. The number of rotatable bonds is 8. The Morgan fingerprint density at radius 2 is 1.87 bits per heavy atom. The minimum atomic E-state index is -0.716. The fourth-order valence-electron chi connectivity index (χ4n) is 2.64. The Morgan fingerprint density at radius 3 is 2.53 bits per heavy atom. The van der Waals surface area contributed by atoms with Crippen molar-refractivity contribution in [2.45, 2.75) is 0 Å². The van der Waals surface area contributed by atoms with E-state index in [0.717, 1.165) is 6.08 Å². The number of amides is 2. The topological polar surface area (TPSA) is 136 Å². The lowest BCUT2D eigenvalue weighted by Crippen LogP contribution is -2.21. The van der Waals surface area contributed by atoms with Crippen LogP contribution in [0, 0.1) is 0 Å². The van der Waals surface area contributed by atoms with Crippen molar-refractivity contribution in [1.82, 2.24) is 9.97 Å². The number of nitrogens with zero attached hydrogens (tertiary/aromatic N) is 3. The highest BCUT2D eigenvalue weighted by Crippen LogP contribution is 2.29. The Balaban J connectivity index is 2.08. The van der Waals surface area contributed by atoms with Crippen molar-refractivity contribution in [2.75, 3.05) is 17.3 Å². The normalized spacial score (nSPS) is 10.6. The number of methoxy groups -OCH3 is 1. The maximum absolute atomic E-state index is 12.0. The molecule has 0 aliphatic rings. The lowest BCUT2D eigenvalue weighted by atomic mass is 10.2. The monoisotopic (exact) mass is 404 g/mol. The highest BCUT2D eigenvalue weighted by molar-refractivity contribution is 5.99. The molecule has 0 saturated carbocycles. The fourth-order valence-corrected chi connectivity index (χ4v) is 2.64. The number of ether oxygens (including phenoxy) is 1. The third-order valence-electron chi connectivity index (χ3n) is 4.01. The van der Waals surface area contributed by atoms with Crippen LogP contribution in [0.3, 0.4) is 0 Å². The number of carbonyl (C=O) groups is 2. The van der Waals surface area contributed by atoms with Gasteiger partial charge < -0.3 is 26.4 Å². The van der Waals surface area contributed by atoms with E-state index >= 15 is 0 Å². The molecule has 0 bridgehead atoms. The van der Waals surface area contributed by atoms with Crippen LogP contribution in [0.2, 0.25) is 0 Å². The first kappa shape index (κ1) is 20.3. The Morgan fingerprint density at radius 1 is 1.10 bits per heavy atom. The van der Waals surface area contributed by atoms with Gasteiger partial charge in [0.1, 0.15) is 11.3 Å². The van der Waals surface area contributed by atoms with E-state index in [1.54, 1.807) is 43.5 Å². The number of hydrogen-bond donors (Lipinski definition) is 3. The number of hydrogen-bond acceptors (Lipinski definition) is 7. The largest absolute Gasteiger partial charge is 0.497 e. The highest BCUT2D eigenvalue weighted by atomic mass is 16.5. The molecule has 0 spiro atoms. The summed E-state index contributed by atoms with van der Waals surface area (Å²) in [5.41, 5.74) is 12.2. The summed E-state index contributed by atoms with van der Waals surface area (Å²) in [6, 6.07) is 16.2. The summed E-state index contributed by atoms with van der Waals surface area (Å²) in [5, 5.41) is 3.06. The molecule has 30 heavy (non-hydrogen) atoms. The molecule has 1 heterocycles. The molecule has 0 radical (unpaired) electrons. The summed E-state index contributed by atoms with van der Waals surface area (Å²) < 4.78 is 5.21. The Hall–Kier alpha value is -4.40. The van der Waals surface area contributed by atoms with E-state index in [9.17, 15) is 9.59 Å². The predicted octanol–water partition coefficient (Wildman–Crippen LogP) is 2.46. The second kappa shape index (κ2) is 9.20. The summed E-state index contributed by atoms with van der Waals surface area (Å²) in [6.45, 7) is 0. The van der Waals surface area contributed by atoms with Crippen LogP contribution in [0.1, 0.15) is 10.4 Å². The molecule has 9 heteroatoms. The van der Waals surface area contributed by atoms with Crippen LogP contribution in [0.5, 0.6) is 5.75 Å². The minimum absolute atomic E-state index is 0.0733. The maximum atomic E-state index is 12.0. The molecule has 0 fully saturated rings. The number of benzene rings is 2. The van der Waals surface area contributed by atoms with Crippen molar-refractivity contribution in [3.05, 3.63) is 78.6 Å². The van der Waals surface area contributed by atoms with Gasteiger partial charge in [-0.25, -0.2) is 4.98 Å². The van der Waals surface area contributed by atoms with Gasteiger partial charge in [0.25, 0.3) is 5.91 Å². The van der Waals surface area contributed by atoms with Crippen LogP contribution in [-0.4, -0.2) is 28.9 Å². The molecule has 152 valence electrons.